The Hall–Kier alpha value is -2.19. The maximum Gasteiger partial charge on any atom is 0.293 e. The molecule has 0 spiro atoms. The Morgan fingerprint density at radius 2 is 1.83 bits per heavy atom. The van der Waals surface area contributed by atoms with E-state index >= 15 is 0 Å². The van der Waals surface area contributed by atoms with Crippen molar-refractivity contribution < 1.29 is 14.5 Å². The molecule has 8 heteroatoms. The van der Waals surface area contributed by atoms with Gasteiger partial charge in [0, 0.05) is 37.3 Å². The summed E-state index contributed by atoms with van der Waals surface area (Å²) in [6.07, 6.45) is 4.62. The zero-order valence-corrected chi connectivity index (χ0v) is 18.1. The fourth-order valence-electron chi connectivity index (χ4n) is 4.63. The molecule has 166 valence electrons. The van der Waals surface area contributed by atoms with E-state index in [0.29, 0.717) is 56.1 Å². The van der Waals surface area contributed by atoms with Crippen LogP contribution in [0.25, 0.3) is 0 Å². The fourth-order valence-corrected chi connectivity index (χ4v) is 4.63. The number of hydrogen-bond acceptors (Lipinski definition) is 6. The maximum absolute atomic E-state index is 12.7. The van der Waals surface area contributed by atoms with Gasteiger partial charge in [0.25, 0.3) is 11.6 Å². The van der Waals surface area contributed by atoms with Crippen molar-refractivity contribution in [2.24, 2.45) is 5.92 Å². The highest BCUT2D eigenvalue weighted by atomic mass is 16.6. The number of nitro benzene ring substituents is 1. The van der Waals surface area contributed by atoms with Crippen LogP contribution in [0.4, 0.5) is 11.4 Å². The summed E-state index contributed by atoms with van der Waals surface area (Å²) < 4.78 is 5.28. The van der Waals surface area contributed by atoms with Gasteiger partial charge in [-0.2, -0.15) is 0 Å². The molecule has 30 heavy (non-hydrogen) atoms. The summed E-state index contributed by atoms with van der Waals surface area (Å²) in [4.78, 5) is 28.2. The van der Waals surface area contributed by atoms with Gasteiger partial charge in [0.1, 0.15) is 5.69 Å². The summed E-state index contributed by atoms with van der Waals surface area (Å²) in [7, 11) is 0. The van der Waals surface area contributed by atoms with E-state index in [1.165, 1.54) is 18.9 Å². The standard InChI is InChI=1S/C22H34N4O4/c1-3-17(4-2)21(24-9-5-6-10-24)16-23-19-8-7-18(15-20(19)26(28)29)22(27)25-11-13-30-14-12-25/h7-8,15,17,21,23H,3-6,9-14,16H2,1-2H3/t21-/m1/s1. The smallest absolute Gasteiger partial charge is 0.293 e. The number of nitrogens with one attached hydrogen (secondary N) is 1. The second-order valence-electron chi connectivity index (χ2n) is 8.16. The van der Waals surface area contributed by atoms with Crippen molar-refractivity contribution in [3.63, 3.8) is 0 Å². The number of carbonyl (C=O) groups is 1. The average molecular weight is 419 g/mol. The van der Waals surface area contributed by atoms with Crippen LogP contribution in [-0.2, 0) is 4.74 Å². The summed E-state index contributed by atoms with van der Waals surface area (Å²) in [5.74, 6) is 0.372. The molecule has 1 aromatic carbocycles. The maximum atomic E-state index is 12.7. The Kier molecular flexibility index (Phi) is 8.04. The number of benzene rings is 1. The molecule has 2 heterocycles. The molecular weight excluding hydrogens is 384 g/mol. The van der Waals surface area contributed by atoms with Gasteiger partial charge in [0.15, 0.2) is 0 Å². The lowest BCUT2D eigenvalue weighted by molar-refractivity contribution is -0.384. The molecule has 3 rings (SSSR count). The molecule has 1 N–H and O–H groups in total. The molecule has 2 aliphatic heterocycles. The van der Waals surface area contributed by atoms with Crippen LogP contribution in [0, 0.1) is 16.0 Å². The molecule has 1 aromatic rings. The Labute approximate surface area is 178 Å². The summed E-state index contributed by atoms with van der Waals surface area (Å²) in [5, 5.41) is 15.1. The van der Waals surface area contributed by atoms with Gasteiger partial charge in [-0.25, -0.2) is 0 Å². The average Bonchev–Trinajstić information content (AvgIpc) is 3.31. The van der Waals surface area contributed by atoms with Crippen LogP contribution in [-0.4, -0.2) is 72.6 Å². The number of hydrogen-bond donors (Lipinski definition) is 1. The fraction of sp³-hybridized carbons (Fsp3) is 0.682. The number of morpholine rings is 1. The quantitative estimate of drug-likeness (QED) is 0.489. The first-order chi connectivity index (χ1) is 14.5. The zero-order valence-electron chi connectivity index (χ0n) is 18.1. The number of amides is 1. The van der Waals surface area contributed by atoms with Crippen LogP contribution >= 0.6 is 0 Å². The van der Waals surface area contributed by atoms with E-state index in [0.717, 1.165) is 25.9 Å². The summed E-state index contributed by atoms with van der Waals surface area (Å²) in [6, 6.07) is 5.13. The summed E-state index contributed by atoms with van der Waals surface area (Å²) in [5.41, 5.74) is 0.790. The van der Waals surface area contributed by atoms with E-state index in [1.54, 1.807) is 17.0 Å². The third kappa shape index (κ3) is 5.29. The normalized spacial score (nSPS) is 18.6. The number of nitro groups is 1. The van der Waals surface area contributed by atoms with Crippen LogP contribution in [0.5, 0.6) is 0 Å². The van der Waals surface area contributed by atoms with Crippen LogP contribution < -0.4 is 5.32 Å². The van der Waals surface area contributed by atoms with Crippen LogP contribution in [0.1, 0.15) is 49.9 Å². The predicted octanol–water partition coefficient (Wildman–Crippen LogP) is 3.38. The minimum Gasteiger partial charge on any atom is -0.378 e. The van der Waals surface area contributed by atoms with Crippen LogP contribution in [0.2, 0.25) is 0 Å². The second-order valence-corrected chi connectivity index (χ2v) is 8.16. The number of anilines is 1. The van der Waals surface area contributed by atoms with E-state index in [1.807, 2.05) is 0 Å². The Bertz CT molecular complexity index is 724. The lowest BCUT2D eigenvalue weighted by atomic mass is 9.92. The zero-order chi connectivity index (χ0) is 21.5. The van der Waals surface area contributed by atoms with E-state index in [-0.39, 0.29) is 11.6 Å². The van der Waals surface area contributed by atoms with E-state index in [9.17, 15) is 14.9 Å². The molecule has 0 radical (unpaired) electrons. The number of nitrogens with zero attached hydrogens (tertiary/aromatic N) is 3. The molecule has 1 amide bonds. The minimum absolute atomic E-state index is 0.0428. The SMILES string of the molecule is CCC(CC)[C@@H](CNc1ccc(C(=O)N2CCOCC2)cc1[N+](=O)[O-])N1CCCC1. The van der Waals surface area contributed by atoms with Gasteiger partial charge in [-0.15, -0.1) is 0 Å². The van der Waals surface area contributed by atoms with Crippen molar-refractivity contribution in [3.8, 4) is 0 Å². The number of rotatable bonds is 9. The third-order valence-corrected chi connectivity index (χ3v) is 6.44. The first-order valence-electron chi connectivity index (χ1n) is 11.2. The van der Waals surface area contributed by atoms with E-state index < -0.39 is 4.92 Å². The van der Waals surface area contributed by atoms with Crippen molar-refractivity contribution >= 4 is 17.3 Å². The largest absolute Gasteiger partial charge is 0.378 e. The molecule has 0 aliphatic carbocycles. The molecule has 0 bridgehead atoms. The van der Waals surface area contributed by atoms with Gasteiger partial charge in [-0.05, 0) is 44.0 Å². The molecule has 0 saturated carbocycles. The second kappa shape index (κ2) is 10.7. The monoisotopic (exact) mass is 418 g/mol. The van der Waals surface area contributed by atoms with Gasteiger partial charge < -0.3 is 15.0 Å². The molecule has 0 unspecified atom stereocenters. The molecule has 1 atom stereocenters. The number of carbonyl (C=O) groups excluding carboxylic acids is 1. The number of likely N-dealkylation sites (tertiary alicyclic amines) is 1. The summed E-state index contributed by atoms with van der Waals surface area (Å²) in [6.45, 7) is 9.32. The van der Waals surface area contributed by atoms with Gasteiger partial charge >= 0.3 is 0 Å². The summed E-state index contributed by atoms with van der Waals surface area (Å²) >= 11 is 0. The van der Waals surface area contributed by atoms with Gasteiger partial charge in [-0.3, -0.25) is 19.8 Å². The lowest BCUT2D eigenvalue weighted by Crippen LogP contribution is -2.43. The Morgan fingerprint density at radius 1 is 1.17 bits per heavy atom. The first kappa shape index (κ1) is 22.5. The van der Waals surface area contributed by atoms with E-state index in [2.05, 4.69) is 24.1 Å². The number of ether oxygens (including phenoxy) is 1. The highest BCUT2D eigenvalue weighted by Gasteiger charge is 2.28. The molecule has 8 nitrogen and oxygen atoms in total. The van der Waals surface area contributed by atoms with Crippen molar-refractivity contribution in [2.75, 3.05) is 51.3 Å². The van der Waals surface area contributed by atoms with Crippen molar-refractivity contribution in [1.82, 2.24) is 9.80 Å². The molecule has 2 fully saturated rings. The lowest BCUT2D eigenvalue weighted by Gasteiger charge is -2.34. The Balaban J connectivity index is 1.75. The highest BCUT2D eigenvalue weighted by molar-refractivity contribution is 5.95. The molecular formula is C22H34N4O4. The van der Waals surface area contributed by atoms with Gasteiger partial charge in [0.2, 0.25) is 0 Å². The molecule has 2 saturated heterocycles. The molecule has 2 aliphatic rings. The van der Waals surface area contributed by atoms with Crippen molar-refractivity contribution in [1.29, 1.82) is 0 Å². The van der Waals surface area contributed by atoms with E-state index in [4.69, 9.17) is 4.74 Å². The van der Waals surface area contributed by atoms with Crippen molar-refractivity contribution in [3.05, 3.63) is 33.9 Å². The minimum atomic E-state index is -0.402. The molecule has 0 aromatic heterocycles. The Morgan fingerprint density at radius 3 is 2.43 bits per heavy atom. The predicted molar refractivity (Wildman–Crippen MR) is 117 cm³/mol. The topological polar surface area (TPSA) is 88.0 Å². The highest BCUT2D eigenvalue weighted by Crippen LogP contribution is 2.28. The van der Waals surface area contributed by atoms with Crippen LogP contribution in [0.3, 0.4) is 0 Å². The van der Waals surface area contributed by atoms with Gasteiger partial charge in [0.05, 0.1) is 18.1 Å². The van der Waals surface area contributed by atoms with Crippen LogP contribution in [0.15, 0.2) is 18.2 Å². The first-order valence-corrected chi connectivity index (χ1v) is 11.2. The van der Waals surface area contributed by atoms with Gasteiger partial charge in [-0.1, -0.05) is 26.7 Å². The third-order valence-electron chi connectivity index (χ3n) is 6.44. The van der Waals surface area contributed by atoms with Crippen molar-refractivity contribution in [2.45, 2.75) is 45.6 Å².